The molecule has 12 unspecified atom stereocenters. The van der Waals surface area contributed by atoms with E-state index in [1.165, 1.54) is 12.2 Å². The van der Waals surface area contributed by atoms with Crippen LogP contribution in [-0.2, 0) is 144 Å². The number of ether oxygens (including phenoxy) is 14. The van der Waals surface area contributed by atoms with Crippen LogP contribution in [0, 0.1) is 47.3 Å². The molecule has 652 valence electrons. The number of hydrogen-bond acceptors (Lipinski definition) is 30. The summed E-state index contributed by atoms with van der Waals surface area (Å²) in [6, 6.07) is 0. The summed E-state index contributed by atoms with van der Waals surface area (Å²) < 4.78 is 349. The van der Waals surface area contributed by atoms with E-state index in [0.717, 1.165) is 61.8 Å². The topological polar surface area (TPSA) is 418 Å². The lowest BCUT2D eigenvalue weighted by atomic mass is 9.85. The van der Waals surface area contributed by atoms with Crippen molar-refractivity contribution in [3.8, 4) is 0 Å². The number of imide groups is 2. The third-order valence-electron chi connectivity index (χ3n) is 17.4. The molecule has 32 nitrogen and oxygen atoms in total. The van der Waals surface area contributed by atoms with Crippen LogP contribution in [0.1, 0.15) is 116 Å². The molecular weight excluding hydrogens is 1650 g/mol. The molecule has 18 atom stereocenters. The van der Waals surface area contributed by atoms with Gasteiger partial charge in [-0.15, -0.1) is 0 Å². The molecule has 4 heterocycles. The minimum atomic E-state index is -7.60. The third-order valence-corrected chi connectivity index (χ3v) is 20.0. The van der Waals surface area contributed by atoms with E-state index in [9.17, 15) is 149 Å². The van der Waals surface area contributed by atoms with Crippen LogP contribution in [0.4, 0.5) is 74.1 Å². The highest BCUT2D eigenvalue weighted by Crippen LogP contribution is 2.57. The maximum absolute atomic E-state index is 14.9. The van der Waals surface area contributed by atoms with Crippen molar-refractivity contribution in [2.24, 2.45) is 47.3 Å². The number of halogens is 17. The second-order valence-corrected chi connectivity index (χ2v) is 28.8. The Bertz CT molecular complexity index is 3820. The second-order valence-electron chi connectivity index (χ2n) is 25.5. The number of fused-ring (bicyclic) bond motifs is 10. The fourth-order valence-electron chi connectivity index (χ4n) is 12.9. The van der Waals surface area contributed by atoms with Crippen LogP contribution in [0.3, 0.4) is 0 Å². The number of nitrogens with one attached hydrogen (secondary N) is 1. The van der Waals surface area contributed by atoms with E-state index in [-0.39, 0.29) is 52.4 Å². The Hall–Kier alpha value is -8.01. The molecule has 8 aliphatic rings. The molecule has 0 aromatic rings. The average molecular weight is 1730 g/mol. The van der Waals surface area contributed by atoms with Gasteiger partial charge in [-0.25, -0.2) is 9.47 Å². The zero-order chi connectivity index (χ0) is 84.4. The molecule has 0 spiro atoms. The first-order valence-corrected chi connectivity index (χ1v) is 35.1. The summed E-state index contributed by atoms with van der Waals surface area (Å²) >= 11 is 0. The van der Waals surface area contributed by atoms with E-state index >= 15 is 0 Å². The van der Waals surface area contributed by atoms with Gasteiger partial charge in [0.1, 0.15) is 25.4 Å². The standard InChI is InChI=1S/C30H33F8NO15S.C21H25F9O13S.C9H9NO2.3CH4/c1-12(40)49-11-18-21(50-13(2)41)22(51-14(3)42)23(52-15(4)43)26(53-18)48-9-5-8-27(31,32)28(33,34)54-29(35,36)30(37,38)55(46,47)39-24(44)19-16-6-7-17(10-16)20(19)25(39)45;1-9(31)38-8-13-14(39-10(2)32)15(40-11(3)33)16(41-12(4)34)17(42-13)37-7-5-6-18(22,23)19(24,25)43-20(26,27)21(28,29)44(30,35)36;11-8-6-4-1-2-5(3-4)7(6)9(12)10-8;;;/h6-7,16-23,26H,5,8-11H2,1-4H3;13-17H,5-8H2,1-4H3;1-2,4-7H,3H2,(H,10,11,12);3*1H4/t16?,17?,18?,19?,20?,21-,22+,23?,26-;13?,14-,15+,16?,17-;;;;/m11..../s1. The van der Waals surface area contributed by atoms with E-state index in [4.69, 9.17) is 56.8 Å². The lowest BCUT2D eigenvalue weighted by molar-refractivity contribution is -0.457. The molecule has 0 radical (unpaired) electrons. The number of carbonyl (C=O) groups is 12. The first-order chi connectivity index (χ1) is 50.7. The van der Waals surface area contributed by atoms with Gasteiger partial charge in [0, 0.05) is 68.2 Å². The summed E-state index contributed by atoms with van der Waals surface area (Å²) in [5.74, 6) is -27.4. The van der Waals surface area contributed by atoms with Crippen LogP contribution >= 0.6 is 0 Å². The fourth-order valence-corrected chi connectivity index (χ4v) is 14.5. The van der Waals surface area contributed by atoms with Gasteiger partial charge in [0.05, 0.1) is 36.9 Å². The Morgan fingerprint density at radius 2 is 0.702 bits per heavy atom. The molecule has 6 fully saturated rings. The monoisotopic (exact) mass is 1730 g/mol. The summed E-state index contributed by atoms with van der Waals surface area (Å²) in [5.41, 5.74) is 0. The van der Waals surface area contributed by atoms with E-state index in [1.807, 2.05) is 0 Å². The van der Waals surface area contributed by atoms with Crippen molar-refractivity contribution < 1.29 is 215 Å². The van der Waals surface area contributed by atoms with Crippen LogP contribution in [0.5, 0.6) is 0 Å². The van der Waals surface area contributed by atoms with Crippen molar-refractivity contribution in [1.82, 2.24) is 9.62 Å². The molecule has 51 heteroatoms. The van der Waals surface area contributed by atoms with Crippen LogP contribution in [0.25, 0.3) is 0 Å². The van der Waals surface area contributed by atoms with Crippen molar-refractivity contribution in [1.29, 1.82) is 0 Å². The van der Waals surface area contributed by atoms with E-state index in [0.29, 0.717) is 11.8 Å². The van der Waals surface area contributed by atoms with Gasteiger partial charge in [-0.05, 0) is 49.4 Å². The first kappa shape index (κ1) is 100. The molecule has 114 heavy (non-hydrogen) atoms. The van der Waals surface area contributed by atoms with Crippen molar-refractivity contribution >= 4 is 91.6 Å². The zero-order valence-electron chi connectivity index (χ0n) is 58.2. The molecule has 1 N–H and O–H groups in total. The molecule has 4 saturated heterocycles. The lowest BCUT2D eigenvalue weighted by Crippen LogP contribution is -2.63. The second kappa shape index (κ2) is 37.5. The quantitative estimate of drug-likeness (QED) is 0.0138. The maximum Gasteiger partial charge on any atom is 0.464 e. The molecule has 4 bridgehead atoms. The highest BCUT2D eigenvalue weighted by molar-refractivity contribution is 7.91. The van der Waals surface area contributed by atoms with E-state index < -0.39 is 268 Å². The number of amides is 4. The van der Waals surface area contributed by atoms with Crippen LogP contribution in [-0.4, -0.2) is 227 Å². The smallest absolute Gasteiger partial charge is 0.463 e. The number of allylic oxidation sites excluding steroid dienone is 4. The molecule has 4 amide bonds. The van der Waals surface area contributed by atoms with E-state index in [1.54, 1.807) is 0 Å². The highest BCUT2D eigenvalue weighted by atomic mass is 32.3. The van der Waals surface area contributed by atoms with Gasteiger partial charge < -0.3 is 56.8 Å². The number of nitrogens with zero attached hydrogens (tertiary/aromatic N) is 1. The van der Waals surface area contributed by atoms with Crippen LogP contribution in [0.2, 0.25) is 0 Å². The number of hydrogen-bond donors (Lipinski definition) is 1. The Balaban J connectivity index is 0.000000507. The van der Waals surface area contributed by atoms with Crippen LogP contribution < -0.4 is 5.32 Å². The summed E-state index contributed by atoms with van der Waals surface area (Å²) in [5, 5.41) is -11.4. The lowest BCUT2D eigenvalue weighted by Gasteiger charge is -2.44. The number of sulfonamides is 1. The van der Waals surface area contributed by atoms with Gasteiger partial charge in [-0.2, -0.15) is 91.4 Å². The molecule has 8 rings (SSSR count). The Labute approximate surface area is 636 Å². The Morgan fingerprint density at radius 1 is 0.421 bits per heavy atom. The summed E-state index contributed by atoms with van der Waals surface area (Å²) in [6.45, 7) is 3.44. The van der Waals surface area contributed by atoms with Crippen molar-refractivity contribution in [3.05, 3.63) is 24.3 Å². The van der Waals surface area contributed by atoms with Crippen molar-refractivity contribution in [2.75, 3.05) is 26.4 Å². The number of rotatable bonds is 31. The number of carbonyl (C=O) groups excluding carboxylic acids is 12. The molecule has 0 aromatic carbocycles. The molecule has 0 aromatic heterocycles. The Kier molecular flexibility index (Phi) is 33.0. The maximum atomic E-state index is 14.9. The minimum Gasteiger partial charge on any atom is -0.463 e. The van der Waals surface area contributed by atoms with Crippen molar-refractivity contribution in [3.63, 3.8) is 0 Å². The van der Waals surface area contributed by atoms with Crippen molar-refractivity contribution in [2.45, 2.75) is 224 Å². The minimum absolute atomic E-state index is 0. The Morgan fingerprint density at radius 3 is 0.991 bits per heavy atom. The summed E-state index contributed by atoms with van der Waals surface area (Å²) in [6.07, 6.45) is -43.5. The SMILES string of the molecule is C.C.C.CC(=O)OCC1O[C@@H](OCCCC(F)(F)C(F)(F)OC(F)(F)C(F)(F)S(=O)(=O)F)C(OC(C)=O)[C@@H](OC(C)=O)[C@@H]1OC(C)=O.CC(=O)OCC1O[C@@H](OCCCC(F)(F)C(F)(F)OC(F)(F)C(F)(F)S(=O)(=O)N2C(=O)C3C4C=CC(C4)C3C2=O)C(OC(C)=O)[C@@H](OC(C)=O)[C@@H]1OC(C)=O.O=C1NC(=O)C2C3C=CC(C3)C12. The average Bonchev–Trinajstić information content (AvgIpc) is 1.94. The van der Waals surface area contributed by atoms with Gasteiger partial charge in [0.25, 0.3) is 0 Å². The summed E-state index contributed by atoms with van der Waals surface area (Å²) in [7, 11) is -14.8. The highest BCUT2D eigenvalue weighted by Gasteiger charge is 2.78. The predicted octanol–water partition coefficient (Wildman–Crippen LogP) is 7.02. The fraction of sp³-hybridized carbons (Fsp3) is 0.746. The summed E-state index contributed by atoms with van der Waals surface area (Å²) in [4.78, 5) is 141. The zero-order valence-corrected chi connectivity index (χ0v) is 59.8. The molecule has 4 aliphatic heterocycles. The number of esters is 8. The van der Waals surface area contributed by atoms with E-state index in [2.05, 4.69) is 26.9 Å². The van der Waals surface area contributed by atoms with Gasteiger partial charge in [-0.1, -0.05) is 50.5 Å². The van der Waals surface area contributed by atoms with Crippen LogP contribution in [0.15, 0.2) is 24.3 Å². The largest absolute Gasteiger partial charge is 0.464 e. The molecule has 4 aliphatic carbocycles. The van der Waals surface area contributed by atoms with Gasteiger partial charge in [-0.3, -0.25) is 62.9 Å². The van der Waals surface area contributed by atoms with Gasteiger partial charge in [0.2, 0.25) is 23.6 Å². The third kappa shape index (κ3) is 22.0. The predicted molar refractivity (Wildman–Crippen MR) is 336 cm³/mol. The molecular formula is C63H79F17N2O30S2. The van der Waals surface area contributed by atoms with Gasteiger partial charge >= 0.3 is 115 Å². The number of alkyl halides is 16. The van der Waals surface area contributed by atoms with Gasteiger partial charge in [0.15, 0.2) is 49.2 Å². The normalized spacial score (nSPS) is 28.4. The first-order valence-electron chi connectivity index (χ1n) is 32.2. The molecule has 2 saturated carbocycles.